The fourth-order valence-electron chi connectivity index (χ4n) is 1.86. The Kier molecular flexibility index (Phi) is 3.60. The van der Waals surface area contributed by atoms with Crippen molar-refractivity contribution >= 4 is 33.2 Å². The van der Waals surface area contributed by atoms with Gasteiger partial charge in [-0.2, -0.15) is 0 Å². The number of halogens is 2. The Morgan fingerprint density at radius 1 is 1.38 bits per heavy atom. The van der Waals surface area contributed by atoms with Crippen LogP contribution in [0.3, 0.4) is 0 Å². The average molecular weight is 367 g/mol. The number of H-pyrrole nitrogens is 1. The predicted molar refractivity (Wildman–Crippen MR) is 82.0 cm³/mol. The van der Waals surface area contributed by atoms with Gasteiger partial charge in [0.25, 0.3) is 0 Å². The van der Waals surface area contributed by atoms with Gasteiger partial charge in [0.15, 0.2) is 0 Å². The van der Waals surface area contributed by atoms with Crippen molar-refractivity contribution < 1.29 is 14.3 Å². The number of aromatic carboxylic acids is 1. The average Bonchev–Trinajstić information content (AvgIpc) is 3.07. The van der Waals surface area contributed by atoms with Crippen molar-refractivity contribution in [1.29, 1.82) is 0 Å². The maximum Gasteiger partial charge on any atom is 0.352 e. The summed E-state index contributed by atoms with van der Waals surface area (Å²) in [6.45, 7) is 0. The second kappa shape index (κ2) is 5.42. The monoisotopic (exact) mass is 366 g/mol. The number of carbonyl (C=O) groups is 1. The zero-order valence-electron chi connectivity index (χ0n) is 10.4. The van der Waals surface area contributed by atoms with Crippen molar-refractivity contribution in [1.82, 2.24) is 9.97 Å². The molecular weight excluding hydrogens is 359 g/mol. The molecular formula is C14H8BrFN2O2S. The number of hydrogen-bond acceptors (Lipinski definition) is 3. The third-order valence-electron chi connectivity index (χ3n) is 2.87. The van der Waals surface area contributed by atoms with E-state index in [1.54, 1.807) is 12.3 Å². The molecule has 3 rings (SSSR count). The van der Waals surface area contributed by atoms with Crippen LogP contribution in [0.15, 0.2) is 40.3 Å². The van der Waals surface area contributed by atoms with E-state index in [0.717, 1.165) is 10.6 Å². The quantitative estimate of drug-likeness (QED) is 0.721. The van der Waals surface area contributed by atoms with Gasteiger partial charge in [0, 0.05) is 27.2 Å². The molecule has 1 aromatic carbocycles. The predicted octanol–water partition coefficient (Wildman–Crippen LogP) is 4.41. The molecule has 0 bridgehead atoms. The molecule has 106 valence electrons. The Bertz CT molecular complexity index is 828. The molecule has 0 atom stereocenters. The molecule has 7 heteroatoms. The number of thiazole rings is 1. The van der Waals surface area contributed by atoms with Gasteiger partial charge in [0.1, 0.15) is 16.5 Å². The maximum atomic E-state index is 13.1. The van der Waals surface area contributed by atoms with Crippen molar-refractivity contribution in [3.8, 4) is 21.8 Å². The van der Waals surface area contributed by atoms with E-state index in [9.17, 15) is 9.18 Å². The summed E-state index contributed by atoms with van der Waals surface area (Å²) >= 11 is 4.73. The second-order valence-corrected chi connectivity index (χ2v) is 5.98. The SMILES string of the molecule is O=C(O)c1cc(-c2csc(-c3ccc(F)cc3Br)n2)c[nH]1. The number of nitrogens with zero attached hydrogens (tertiary/aromatic N) is 1. The Hall–Kier alpha value is -1.99. The fraction of sp³-hybridized carbons (Fsp3) is 0. The van der Waals surface area contributed by atoms with Crippen LogP contribution >= 0.6 is 27.3 Å². The molecule has 0 saturated heterocycles. The molecule has 0 radical (unpaired) electrons. The van der Waals surface area contributed by atoms with Gasteiger partial charge in [0.05, 0.1) is 5.69 Å². The smallest absolute Gasteiger partial charge is 0.352 e. The van der Waals surface area contributed by atoms with E-state index < -0.39 is 5.97 Å². The van der Waals surface area contributed by atoms with Crippen LogP contribution in [-0.2, 0) is 0 Å². The minimum Gasteiger partial charge on any atom is -0.477 e. The van der Waals surface area contributed by atoms with Gasteiger partial charge in [-0.1, -0.05) is 0 Å². The number of carboxylic acids is 1. The van der Waals surface area contributed by atoms with Gasteiger partial charge in [-0.25, -0.2) is 14.2 Å². The van der Waals surface area contributed by atoms with Crippen molar-refractivity contribution in [2.24, 2.45) is 0 Å². The van der Waals surface area contributed by atoms with Crippen molar-refractivity contribution in [2.45, 2.75) is 0 Å². The van der Waals surface area contributed by atoms with Crippen molar-refractivity contribution in [3.05, 3.63) is 51.8 Å². The number of hydrogen-bond donors (Lipinski definition) is 2. The molecule has 21 heavy (non-hydrogen) atoms. The first-order valence-electron chi connectivity index (χ1n) is 5.87. The highest BCUT2D eigenvalue weighted by Gasteiger charge is 2.13. The molecule has 3 aromatic rings. The van der Waals surface area contributed by atoms with Crippen LogP contribution in [-0.4, -0.2) is 21.0 Å². The van der Waals surface area contributed by atoms with Gasteiger partial charge in [0.2, 0.25) is 0 Å². The van der Waals surface area contributed by atoms with Crippen molar-refractivity contribution in [2.75, 3.05) is 0 Å². The first kappa shape index (κ1) is 14.0. The Morgan fingerprint density at radius 2 is 2.19 bits per heavy atom. The molecule has 4 nitrogen and oxygen atoms in total. The fourth-order valence-corrected chi connectivity index (χ4v) is 3.40. The number of aromatic nitrogens is 2. The number of carboxylic acid groups (broad SMARTS) is 1. The largest absolute Gasteiger partial charge is 0.477 e. The van der Waals surface area contributed by atoms with Crippen molar-refractivity contribution in [3.63, 3.8) is 0 Å². The second-order valence-electron chi connectivity index (χ2n) is 4.27. The Labute approximate surface area is 131 Å². The van der Waals surface area contributed by atoms with E-state index in [0.29, 0.717) is 15.7 Å². The van der Waals surface area contributed by atoms with Crippen LogP contribution in [0.2, 0.25) is 0 Å². The molecule has 0 aliphatic carbocycles. The molecule has 0 fully saturated rings. The Morgan fingerprint density at radius 3 is 2.86 bits per heavy atom. The topological polar surface area (TPSA) is 66.0 Å². The third-order valence-corrected chi connectivity index (χ3v) is 4.41. The van der Waals surface area contributed by atoms with E-state index in [-0.39, 0.29) is 11.5 Å². The third kappa shape index (κ3) is 2.74. The molecule has 2 heterocycles. The molecule has 0 aliphatic rings. The lowest BCUT2D eigenvalue weighted by molar-refractivity contribution is 0.0691. The lowest BCUT2D eigenvalue weighted by Crippen LogP contribution is -1.94. The first-order valence-corrected chi connectivity index (χ1v) is 7.55. The summed E-state index contributed by atoms with van der Waals surface area (Å²) in [5.41, 5.74) is 2.28. The summed E-state index contributed by atoms with van der Waals surface area (Å²) in [5, 5.41) is 11.5. The van der Waals surface area contributed by atoms with Crippen LogP contribution < -0.4 is 0 Å². The summed E-state index contributed by atoms with van der Waals surface area (Å²) in [5.74, 6) is -1.34. The van der Waals surface area contributed by atoms with E-state index in [1.165, 1.54) is 29.5 Å². The minimum atomic E-state index is -1.02. The Balaban J connectivity index is 1.97. The normalized spacial score (nSPS) is 10.8. The number of benzene rings is 1. The zero-order chi connectivity index (χ0) is 15.0. The molecule has 2 aromatic heterocycles. The summed E-state index contributed by atoms with van der Waals surface area (Å²) in [6, 6.07) is 5.94. The van der Waals surface area contributed by atoms with Crippen LogP contribution in [0.25, 0.3) is 21.8 Å². The van der Waals surface area contributed by atoms with Gasteiger partial charge in [-0.05, 0) is 40.2 Å². The highest BCUT2D eigenvalue weighted by Crippen LogP contribution is 2.33. The van der Waals surface area contributed by atoms with Crippen LogP contribution in [0.1, 0.15) is 10.5 Å². The van der Waals surface area contributed by atoms with Crippen LogP contribution in [0.5, 0.6) is 0 Å². The van der Waals surface area contributed by atoms with Gasteiger partial charge >= 0.3 is 5.97 Å². The van der Waals surface area contributed by atoms with Gasteiger partial charge in [-0.15, -0.1) is 11.3 Å². The molecule has 0 unspecified atom stereocenters. The van der Waals surface area contributed by atoms with E-state index in [2.05, 4.69) is 25.9 Å². The lowest BCUT2D eigenvalue weighted by atomic mass is 10.2. The molecule has 0 amide bonds. The van der Waals surface area contributed by atoms with E-state index >= 15 is 0 Å². The molecule has 0 aliphatic heterocycles. The maximum absolute atomic E-state index is 13.1. The van der Waals surface area contributed by atoms with Gasteiger partial charge < -0.3 is 10.1 Å². The lowest BCUT2D eigenvalue weighted by Gasteiger charge is -2.00. The van der Waals surface area contributed by atoms with E-state index in [4.69, 9.17) is 5.11 Å². The van der Waals surface area contributed by atoms with E-state index in [1.807, 2.05) is 5.38 Å². The highest BCUT2D eigenvalue weighted by molar-refractivity contribution is 9.10. The first-order chi connectivity index (χ1) is 10.0. The summed E-state index contributed by atoms with van der Waals surface area (Å²) in [7, 11) is 0. The molecule has 0 spiro atoms. The summed E-state index contributed by atoms with van der Waals surface area (Å²) < 4.78 is 13.7. The number of nitrogens with one attached hydrogen (secondary N) is 1. The molecule has 0 saturated carbocycles. The summed E-state index contributed by atoms with van der Waals surface area (Å²) in [4.78, 5) is 18.0. The standard InChI is InChI=1S/C14H8BrFN2O2S/c15-10-4-8(16)1-2-9(10)13-18-12(6-21-13)7-3-11(14(19)20)17-5-7/h1-6,17H,(H,19,20). The van der Waals surface area contributed by atoms with Crippen LogP contribution in [0.4, 0.5) is 4.39 Å². The van der Waals surface area contributed by atoms with Crippen LogP contribution in [0, 0.1) is 5.82 Å². The summed E-state index contributed by atoms with van der Waals surface area (Å²) in [6.07, 6.45) is 1.60. The van der Waals surface area contributed by atoms with Gasteiger partial charge in [-0.3, -0.25) is 0 Å². The number of rotatable bonds is 3. The highest BCUT2D eigenvalue weighted by atomic mass is 79.9. The molecule has 2 N–H and O–H groups in total. The number of aromatic amines is 1. The minimum absolute atomic E-state index is 0.113. The zero-order valence-corrected chi connectivity index (χ0v) is 12.8.